The van der Waals surface area contributed by atoms with Crippen LogP contribution in [0.15, 0.2) is 18.7 Å². The van der Waals surface area contributed by atoms with Crippen LogP contribution in [0, 0.1) is 0 Å². The molecule has 0 aliphatic rings. The first-order valence-corrected chi connectivity index (χ1v) is 4.56. The molecular weight excluding hydrogens is 196 g/mol. The predicted octanol–water partition coefficient (Wildman–Crippen LogP) is -1.22. The summed E-state index contributed by atoms with van der Waals surface area (Å²) in [6.07, 6.45) is 6.51. The van der Waals surface area contributed by atoms with Crippen LogP contribution in [0.1, 0.15) is 0 Å². The van der Waals surface area contributed by atoms with Crippen molar-refractivity contribution >= 4 is 12.2 Å². The van der Waals surface area contributed by atoms with Gasteiger partial charge in [-0.15, -0.1) is 0 Å². The molecule has 81 valence electrons. The minimum atomic E-state index is -0.165. The fourth-order valence-electron chi connectivity index (χ4n) is 1.16. The van der Waals surface area contributed by atoms with E-state index in [9.17, 15) is 9.59 Å². The zero-order valence-electron chi connectivity index (χ0n) is 8.30. The first-order chi connectivity index (χ1) is 7.27. The summed E-state index contributed by atoms with van der Waals surface area (Å²) in [5.41, 5.74) is 5.33. The summed E-state index contributed by atoms with van der Waals surface area (Å²) >= 11 is 0. The van der Waals surface area contributed by atoms with Crippen LogP contribution in [-0.2, 0) is 16.1 Å². The summed E-state index contributed by atoms with van der Waals surface area (Å²) in [5.74, 6) is -0.165. The van der Waals surface area contributed by atoms with Gasteiger partial charge >= 0.3 is 0 Å². The molecule has 0 aliphatic carbocycles. The summed E-state index contributed by atoms with van der Waals surface area (Å²) in [7, 11) is 0. The molecule has 1 radical (unpaired) electrons. The SMILES string of the molecule is NCCN(C[C]=O)C(=O)Cn1ccnc1. The summed E-state index contributed by atoms with van der Waals surface area (Å²) < 4.78 is 1.64. The van der Waals surface area contributed by atoms with Crippen LogP contribution in [0.4, 0.5) is 0 Å². The Morgan fingerprint density at radius 2 is 2.40 bits per heavy atom. The summed E-state index contributed by atoms with van der Waals surface area (Å²) in [6, 6.07) is 0. The third-order valence-corrected chi connectivity index (χ3v) is 1.88. The van der Waals surface area contributed by atoms with E-state index in [0.29, 0.717) is 13.1 Å². The number of carbonyl (C=O) groups is 1. The Labute approximate surface area is 87.7 Å². The normalized spacial score (nSPS) is 9.93. The van der Waals surface area contributed by atoms with Gasteiger partial charge < -0.3 is 15.2 Å². The van der Waals surface area contributed by atoms with Crippen LogP contribution < -0.4 is 5.73 Å². The smallest absolute Gasteiger partial charge is 0.243 e. The number of hydrogen-bond donors (Lipinski definition) is 1. The van der Waals surface area contributed by atoms with Gasteiger partial charge in [0.2, 0.25) is 12.2 Å². The number of amides is 1. The fourth-order valence-corrected chi connectivity index (χ4v) is 1.16. The molecule has 0 fully saturated rings. The highest BCUT2D eigenvalue weighted by Crippen LogP contribution is 1.93. The third-order valence-electron chi connectivity index (χ3n) is 1.88. The van der Waals surface area contributed by atoms with Crippen molar-refractivity contribution in [2.45, 2.75) is 6.54 Å². The minimum absolute atomic E-state index is 0.0370. The maximum absolute atomic E-state index is 11.6. The van der Waals surface area contributed by atoms with Crippen molar-refractivity contribution in [1.29, 1.82) is 0 Å². The first kappa shape index (κ1) is 11.4. The predicted molar refractivity (Wildman–Crippen MR) is 53.6 cm³/mol. The number of aromatic nitrogens is 2. The quantitative estimate of drug-likeness (QED) is 0.636. The fraction of sp³-hybridized carbons (Fsp3) is 0.444. The van der Waals surface area contributed by atoms with Gasteiger partial charge in [0.25, 0.3) is 0 Å². The standard InChI is InChI=1S/C9H13N4O2/c10-1-3-13(5-6-14)9(15)7-12-4-2-11-8-12/h2,4,8H,1,3,5,7,10H2. The molecule has 2 N–H and O–H groups in total. The zero-order valence-corrected chi connectivity index (χ0v) is 8.30. The van der Waals surface area contributed by atoms with Gasteiger partial charge in [0, 0.05) is 25.5 Å². The van der Waals surface area contributed by atoms with E-state index in [-0.39, 0.29) is 19.0 Å². The Morgan fingerprint density at radius 3 is 2.93 bits per heavy atom. The molecule has 1 heterocycles. The van der Waals surface area contributed by atoms with E-state index in [1.807, 2.05) is 0 Å². The lowest BCUT2D eigenvalue weighted by Gasteiger charge is -2.18. The highest BCUT2D eigenvalue weighted by Gasteiger charge is 2.12. The molecule has 0 bridgehead atoms. The maximum Gasteiger partial charge on any atom is 0.243 e. The van der Waals surface area contributed by atoms with E-state index in [4.69, 9.17) is 5.73 Å². The van der Waals surface area contributed by atoms with Gasteiger partial charge in [-0.25, -0.2) is 4.98 Å². The van der Waals surface area contributed by atoms with Crippen molar-refractivity contribution < 1.29 is 9.59 Å². The zero-order chi connectivity index (χ0) is 11.1. The molecule has 0 spiro atoms. The number of imidazole rings is 1. The number of nitrogens with zero attached hydrogens (tertiary/aromatic N) is 3. The molecule has 1 aromatic rings. The number of nitrogens with two attached hydrogens (primary N) is 1. The summed E-state index contributed by atoms with van der Waals surface area (Å²) in [6.45, 7) is 0.826. The van der Waals surface area contributed by atoms with Crippen LogP contribution in [0.5, 0.6) is 0 Å². The van der Waals surface area contributed by atoms with Crippen LogP contribution in [0.2, 0.25) is 0 Å². The second kappa shape index (κ2) is 5.92. The molecule has 15 heavy (non-hydrogen) atoms. The second-order valence-electron chi connectivity index (χ2n) is 2.98. The molecule has 6 heteroatoms. The van der Waals surface area contributed by atoms with E-state index >= 15 is 0 Å². The van der Waals surface area contributed by atoms with E-state index in [2.05, 4.69) is 4.98 Å². The molecule has 1 amide bonds. The number of carbonyl (C=O) groups excluding carboxylic acids is 2. The molecular formula is C9H13N4O2. The Kier molecular flexibility index (Phi) is 4.49. The van der Waals surface area contributed by atoms with Gasteiger partial charge in [0.15, 0.2) is 0 Å². The third kappa shape index (κ3) is 3.51. The topological polar surface area (TPSA) is 81.2 Å². The average Bonchev–Trinajstić information content (AvgIpc) is 2.70. The summed E-state index contributed by atoms with van der Waals surface area (Å²) in [4.78, 5) is 27.0. The Morgan fingerprint density at radius 1 is 1.60 bits per heavy atom. The Bertz CT molecular complexity index is 310. The lowest BCUT2D eigenvalue weighted by atomic mass is 10.4. The van der Waals surface area contributed by atoms with Crippen LogP contribution in [-0.4, -0.2) is 46.3 Å². The number of hydrogen-bond acceptors (Lipinski definition) is 4. The van der Waals surface area contributed by atoms with Crippen LogP contribution >= 0.6 is 0 Å². The number of rotatable bonds is 6. The molecule has 0 aromatic carbocycles. The van der Waals surface area contributed by atoms with Crippen molar-refractivity contribution in [2.24, 2.45) is 5.73 Å². The molecule has 6 nitrogen and oxygen atoms in total. The highest BCUT2D eigenvalue weighted by atomic mass is 16.2. The largest absolute Gasteiger partial charge is 0.332 e. The van der Waals surface area contributed by atoms with E-state index < -0.39 is 0 Å². The summed E-state index contributed by atoms with van der Waals surface area (Å²) in [5, 5.41) is 0. The molecule has 1 aromatic heterocycles. The molecule has 0 atom stereocenters. The van der Waals surface area contributed by atoms with Gasteiger partial charge in [-0.3, -0.25) is 9.59 Å². The van der Waals surface area contributed by atoms with E-state index in [1.54, 1.807) is 29.6 Å². The lowest BCUT2D eigenvalue weighted by Crippen LogP contribution is -2.38. The lowest BCUT2D eigenvalue weighted by molar-refractivity contribution is -0.131. The van der Waals surface area contributed by atoms with Crippen molar-refractivity contribution in [3.63, 3.8) is 0 Å². The minimum Gasteiger partial charge on any atom is -0.332 e. The molecule has 0 aliphatic heterocycles. The van der Waals surface area contributed by atoms with Gasteiger partial charge in [-0.1, -0.05) is 0 Å². The van der Waals surface area contributed by atoms with Crippen LogP contribution in [0.3, 0.4) is 0 Å². The molecule has 1 rings (SSSR count). The first-order valence-electron chi connectivity index (χ1n) is 4.56. The van der Waals surface area contributed by atoms with Gasteiger partial charge in [-0.05, 0) is 0 Å². The Balaban J connectivity index is 2.52. The highest BCUT2D eigenvalue weighted by molar-refractivity contribution is 5.78. The van der Waals surface area contributed by atoms with Crippen molar-refractivity contribution in [3.8, 4) is 0 Å². The van der Waals surface area contributed by atoms with E-state index in [1.165, 1.54) is 4.90 Å². The van der Waals surface area contributed by atoms with Crippen molar-refractivity contribution in [3.05, 3.63) is 18.7 Å². The van der Waals surface area contributed by atoms with Gasteiger partial charge in [0.05, 0.1) is 12.9 Å². The second-order valence-corrected chi connectivity index (χ2v) is 2.98. The van der Waals surface area contributed by atoms with Crippen LogP contribution in [0.25, 0.3) is 0 Å². The van der Waals surface area contributed by atoms with E-state index in [0.717, 1.165) is 0 Å². The molecule has 0 saturated heterocycles. The van der Waals surface area contributed by atoms with Crippen molar-refractivity contribution in [1.82, 2.24) is 14.5 Å². The van der Waals surface area contributed by atoms with Gasteiger partial charge in [-0.2, -0.15) is 0 Å². The molecule has 0 unspecified atom stereocenters. The maximum atomic E-state index is 11.6. The Hall–Kier alpha value is -1.69. The van der Waals surface area contributed by atoms with Crippen molar-refractivity contribution in [2.75, 3.05) is 19.6 Å². The monoisotopic (exact) mass is 209 g/mol. The molecule has 0 saturated carbocycles. The average molecular weight is 209 g/mol. The van der Waals surface area contributed by atoms with Gasteiger partial charge in [0.1, 0.15) is 6.54 Å².